The minimum atomic E-state index is -0.761. The summed E-state index contributed by atoms with van der Waals surface area (Å²) in [6.45, 7) is 25.4. The third-order valence-electron chi connectivity index (χ3n) is 16.6. The Balaban J connectivity index is 0.000000177. The van der Waals surface area contributed by atoms with E-state index in [1.54, 1.807) is 87.2 Å². The molecule has 1 fully saturated rings. The third kappa shape index (κ3) is 15.1. The van der Waals surface area contributed by atoms with Gasteiger partial charge < -0.3 is 48.4 Å². The predicted octanol–water partition coefficient (Wildman–Crippen LogP) is 10.2. The van der Waals surface area contributed by atoms with Crippen molar-refractivity contribution in [3.05, 3.63) is 177 Å². The largest absolute Gasteiger partial charge is 0.495 e. The lowest BCUT2D eigenvalue weighted by Crippen LogP contribution is -2.41. The van der Waals surface area contributed by atoms with Gasteiger partial charge in [0.1, 0.15) is 29.6 Å². The van der Waals surface area contributed by atoms with Crippen molar-refractivity contribution in [1.29, 1.82) is 0 Å². The van der Waals surface area contributed by atoms with Gasteiger partial charge in [0.15, 0.2) is 0 Å². The van der Waals surface area contributed by atoms with Gasteiger partial charge in [0, 0.05) is 78.2 Å². The van der Waals surface area contributed by atoms with Gasteiger partial charge in [-0.15, -0.1) is 0 Å². The fourth-order valence-electron chi connectivity index (χ4n) is 10.5. The summed E-state index contributed by atoms with van der Waals surface area (Å²) in [5.74, 6) is -1.72. The van der Waals surface area contributed by atoms with Crippen molar-refractivity contribution >= 4 is 79.4 Å². The van der Waals surface area contributed by atoms with Gasteiger partial charge in [-0.1, -0.05) is 65.8 Å². The summed E-state index contributed by atoms with van der Waals surface area (Å²) >= 11 is 3.34. The number of carbonyl (C=O) groups excluding carboxylic acids is 1. The molecule has 4 aromatic carbocycles. The lowest BCUT2D eigenvalue weighted by atomic mass is 9.75. The van der Waals surface area contributed by atoms with E-state index in [0.717, 1.165) is 37.8 Å². The number of amidine groups is 2. The Kier molecular flexibility index (Phi) is 20.0. The fourth-order valence-corrected chi connectivity index (χ4v) is 11.1. The number of fused-ring (bicyclic) bond motifs is 2. The monoisotopic (exact) mass is 1340 g/mol. The smallest absolute Gasteiger partial charge is 0.465 e. The summed E-state index contributed by atoms with van der Waals surface area (Å²) in [4.78, 5) is 72.2. The Labute approximate surface area is 545 Å². The highest BCUT2D eigenvalue weighted by molar-refractivity contribution is 9.10. The van der Waals surface area contributed by atoms with Crippen LogP contribution in [0.15, 0.2) is 131 Å². The molecule has 0 saturated carbocycles. The number of halogens is 3. The van der Waals surface area contributed by atoms with Gasteiger partial charge in [-0.2, -0.15) is 19.6 Å². The molecule has 2 unspecified atom stereocenters. The minimum Gasteiger partial charge on any atom is -0.465 e. The van der Waals surface area contributed by atoms with Gasteiger partial charge in [0.05, 0.1) is 77.6 Å². The highest BCUT2D eigenvalue weighted by Gasteiger charge is 2.52. The Bertz CT molecular complexity index is 4510. The highest BCUT2D eigenvalue weighted by Crippen LogP contribution is 2.38. The summed E-state index contributed by atoms with van der Waals surface area (Å²) in [6.07, 6.45) is 7.98. The van der Waals surface area contributed by atoms with E-state index < -0.39 is 53.6 Å². The maximum Gasteiger partial charge on any atom is 0.495 e. The van der Waals surface area contributed by atoms with Crippen LogP contribution in [0.1, 0.15) is 125 Å². The second-order valence-corrected chi connectivity index (χ2v) is 27.3. The van der Waals surface area contributed by atoms with Crippen molar-refractivity contribution < 1.29 is 42.2 Å². The van der Waals surface area contributed by atoms with E-state index in [2.05, 4.69) is 46.7 Å². The van der Waals surface area contributed by atoms with Crippen LogP contribution in [0.2, 0.25) is 0 Å². The van der Waals surface area contributed by atoms with Crippen LogP contribution in [0, 0.1) is 11.6 Å². The zero-order valence-corrected chi connectivity index (χ0v) is 56.5. The number of nitrogens with one attached hydrogen (secondary N) is 2. The normalized spacial score (nSPS) is 16.8. The Morgan fingerprint density at radius 2 is 1.15 bits per heavy atom. The molecule has 3 aliphatic heterocycles. The molecule has 4 aromatic heterocycles. The third-order valence-corrected chi connectivity index (χ3v) is 17.1. The minimum absolute atomic E-state index is 0.0579. The van der Waals surface area contributed by atoms with Crippen LogP contribution in [0.3, 0.4) is 0 Å². The first-order valence-electron chi connectivity index (χ1n) is 30.5. The van der Waals surface area contributed by atoms with Crippen LogP contribution in [-0.2, 0) is 66.5 Å². The summed E-state index contributed by atoms with van der Waals surface area (Å²) in [7, 11) is 2.56. The number of ether oxygens (including phenoxy) is 3. The first kappa shape index (κ1) is 68.7. The van der Waals surface area contributed by atoms with Gasteiger partial charge in [-0.05, 0) is 139 Å². The number of anilines is 2. The zero-order valence-electron chi connectivity index (χ0n) is 55.0. The number of rotatable bonds is 9. The Morgan fingerprint density at radius 3 is 1.61 bits per heavy atom. The number of carbonyl (C=O) groups is 1. The number of hydrogen-bond donors (Lipinski definition) is 3. The molecule has 3 N–H and O–H groups in total. The van der Waals surface area contributed by atoms with Gasteiger partial charge in [-0.25, -0.2) is 18.8 Å². The number of aryl methyl sites for hydroxylation is 2. The zero-order chi connectivity index (χ0) is 67.8. The second-order valence-electron chi connectivity index (χ2n) is 26.4. The van der Waals surface area contributed by atoms with Crippen molar-refractivity contribution in [2.45, 2.75) is 150 Å². The predicted molar refractivity (Wildman–Crippen MR) is 361 cm³/mol. The van der Waals surface area contributed by atoms with E-state index in [0.29, 0.717) is 74.8 Å². The van der Waals surface area contributed by atoms with E-state index in [1.165, 1.54) is 40.6 Å². The molecule has 490 valence electrons. The first-order valence-corrected chi connectivity index (χ1v) is 31.3. The molecular formula is C68H78BBrF2N10O11. The van der Waals surface area contributed by atoms with Crippen molar-refractivity contribution in [1.82, 2.24) is 28.7 Å². The van der Waals surface area contributed by atoms with Crippen LogP contribution >= 0.6 is 15.9 Å². The van der Waals surface area contributed by atoms with Crippen molar-refractivity contribution in [3.8, 4) is 22.5 Å². The molecule has 7 heterocycles. The van der Waals surface area contributed by atoms with E-state index >= 15 is 8.78 Å². The number of hydrogen-bond acceptors (Lipinski definition) is 17. The van der Waals surface area contributed by atoms with E-state index in [9.17, 15) is 29.1 Å². The maximum absolute atomic E-state index is 15.3. The summed E-state index contributed by atoms with van der Waals surface area (Å²) in [6, 6.07) is 21.0. The van der Waals surface area contributed by atoms with E-state index in [-0.39, 0.29) is 63.1 Å². The topological polar surface area (TPSA) is 246 Å². The fraction of sp³-hybridized carbons (Fsp3) is 0.397. The molecular weight excluding hydrogens is 1260 g/mol. The molecule has 0 spiro atoms. The van der Waals surface area contributed by atoms with Crippen LogP contribution in [0.4, 0.5) is 20.2 Å². The molecule has 1 saturated heterocycles. The molecule has 0 amide bonds. The van der Waals surface area contributed by atoms with Crippen molar-refractivity contribution in [3.63, 3.8) is 0 Å². The van der Waals surface area contributed by atoms with Gasteiger partial charge >= 0.3 is 13.1 Å². The number of nitrogens with zero attached hydrogens (tertiary/aromatic N) is 8. The number of aliphatic imine (C=N–C) groups is 2. The SMILES string of the molecule is CC(=O)OCc1c(B2OC(C)(C)C(C)(C)O2)cccc1-n1ncc2cc(C(C)(C)C)cc(F)c2c1=O.CC1CCOC(Nc2cc(-c3cccc(-n4ncc5cc(C(C)(C)C)cc(F)c5c4=O)c3CO)cn(C)c2=O)=N1.CC1CCOC(Nc2cc(Br)cn(C)c2=O)=N1. The molecule has 2 atom stereocenters. The lowest BCUT2D eigenvalue weighted by molar-refractivity contribution is -0.142. The number of benzene rings is 4. The van der Waals surface area contributed by atoms with Crippen molar-refractivity contribution in [2.24, 2.45) is 24.1 Å². The lowest BCUT2D eigenvalue weighted by Gasteiger charge is -2.32. The Hall–Kier alpha value is -8.65. The van der Waals surface area contributed by atoms with Crippen LogP contribution in [0.25, 0.3) is 44.0 Å². The highest BCUT2D eigenvalue weighted by atomic mass is 79.9. The van der Waals surface area contributed by atoms with Crippen LogP contribution < -0.4 is 38.3 Å². The standard InChI is InChI=1S/C30H32FN5O4.C27H32BFN2O5.C11H14BrN3O2/c1-17-9-10-40-29(33-17)34-24-12-19(15-35(5)27(24)38)21-7-6-8-25(22(21)16-37)36-28(39)26-18(14-32-36)11-20(13-23(26)31)30(2,3)4;1-16(32)34-15-19-20(28-35-26(5,6)27(7,8)36-28)10-9-11-22(19)31-24(33)23-17(14-30-31)12-18(13-21(23)29)25(2,3)4;1-7-3-4-17-11(13-7)14-9-5-8(12)6-15(2)10(9)16/h6-8,11-15,17,37H,9-10,16H2,1-5H3,(H,33,34);9-14H,15H2,1-8H3;5-7H,3-4H2,1-2H3,(H,13,14). The molecule has 0 aliphatic carbocycles. The van der Waals surface area contributed by atoms with Gasteiger partial charge in [0.2, 0.25) is 0 Å². The van der Waals surface area contributed by atoms with E-state index in [4.69, 9.17) is 23.5 Å². The molecule has 93 heavy (non-hydrogen) atoms. The van der Waals surface area contributed by atoms with Crippen LogP contribution in [-0.4, -0.2) is 95.4 Å². The number of pyridine rings is 2. The van der Waals surface area contributed by atoms with Gasteiger partial charge in [-0.3, -0.25) is 24.0 Å². The Morgan fingerprint density at radius 1 is 0.688 bits per heavy atom. The molecule has 3 aliphatic rings. The molecule has 0 radical (unpaired) electrons. The van der Waals surface area contributed by atoms with E-state index in [1.807, 2.05) is 83.1 Å². The van der Waals surface area contributed by atoms with Gasteiger partial charge in [0.25, 0.3) is 34.3 Å². The summed E-state index contributed by atoms with van der Waals surface area (Å²) in [5.41, 5.74) is 2.13. The quantitative estimate of drug-likeness (QED) is 0.0899. The van der Waals surface area contributed by atoms with Crippen LogP contribution in [0.5, 0.6) is 0 Å². The molecule has 8 aromatic rings. The second kappa shape index (κ2) is 27.1. The molecule has 0 bridgehead atoms. The number of aromatic nitrogens is 6. The number of aliphatic hydroxyl groups excluding tert-OH is 1. The summed E-state index contributed by atoms with van der Waals surface area (Å²) in [5, 5.41) is 25.8. The molecule has 21 nitrogen and oxygen atoms in total. The maximum atomic E-state index is 15.3. The average Bonchev–Trinajstić information content (AvgIpc) is 1.56. The molecule has 11 rings (SSSR count). The summed E-state index contributed by atoms with van der Waals surface area (Å²) < 4.78 is 65.2. The molecule has 25 heteroatoms. The number of aliphatic hydroxyl groups is 1. The average molecular weight is 1340 g/mol. The number of esters is 1. The van der Waals surface area contributed by atoms with Crippen molar-refractivity contribution in [2.75, 3.05) is 23.8 Å². The first-order chi connectivity index (χ1) is 43.7.